The maximum atomic E-state index is 14.3. The molecule has 3 aromatic rings. The molecule has 1 heterocycles. The summed E-state index contributed by atoms with van der Waals surface area (Å²) in [6.45, 7) is 3.70. The molecule has 6 nitrogen and oxygen atoms in total. The topological polar surface area (TPSA) is 109 Å². The molecule has 0 fully saturated rings. The molecule has 0 bridgehead atoms. The van der Waals surface area contributed by atoms with Crippen LogP contribution in [0.3, 0.4) is 0 Å². The summed E-state index contributed by atoms with van der Waals surface area (Å²) in [6, 6.07) is 11.2. The Morgan fingerprint density at radius 2 is 2.07 bits per heavy atom. The Hall–Kier alpha value is -3.09. The van der Waals surface area contributed by atoms with Crippen molar-refractivity contribution in [2.45, 2.75) is 28.5 Å². The number of nitrogens with one attached hydrogen (secondary N) is 1. The average Bonchev–Trinajstić information content (AvgIpc) is 2.67. The molecule has 0 amide bonds. The van der Waals surface area contributed by atoms with Gasteiger partial charge in [-0.05, 0) is 43.7 Å². The van der Waals surface area contributed by atoms with Crippen molar-refractivity contribution >= 4 is 36.4 Å². The van der Waals surface area contributed by atoms with Crippen LogP contribution in [0.4, 0.5) is 10.2 Å². The van der Waals surface area contributed by atoms with E-state index in [0.29, 0.717) is 21.6 Å². The van der Waals surface area contributed by atoms with Crippen molar-refractivity contribution in [2.24, 2.45) is 0 Å². The smallest absolute Gasteiger partial charge is 0.350 e. The normalized spacial score (nSPS) is 11.2. The molecule has 0 aliphatic carbocycles. The van der Waals surface area contributed by atoms with E-state index in [0.717, 1.165) is 4.90 Å². The van der Waals surface area contributed by atoms with E-state index < -0.39 is 16.4 Å². The summed E-state index contributed by atoms with van der Waals surface area (Å²) in [7, 11) is 0. The lowest BCUT2D eigenvalue weighted by Gasteiger charge is -2.28. The molecule has 0 atom stereocenters. The molecule has 0 saturated heterocycles. The number of rotatable bonds is 5. The summed E-state index contributed by atoms with van der Waals surface area (Å²) in [4.78, 5) is 16.6. The number of hydrogen-bond donors (Lipinski definition) is 3. The van der Waals surface area contributed by atoms with Crippen LogP contribution in [-0.2, 0) is 4.87 Å². The van der Waals surface area contributed by atoms with Gasteiger partial charge in [0, 0.05) is 33.3 Å². The molecule has 1 aromatic heterocycles. The minimum atomic E-state index is -0.760. The van der Waals surface area contributed by atoms with Gasteiger partial charge in [0.25, 0.3) is 0 Å². The second-order valence-electron chi connectivity index (χ2n) is 6.88. The molecule has 30 heavy (non-hydrogen) atoms. The minimum absolute atomic E-state index is 0.0586. The first-order valence-electron chi connectivity index (χ1n) is 8.79. The summed E-state index contributed by atoms with van der Waals surface area (Å²) in [5, 5.41) is 16.6. The van der Waals surface area contributed by atoms with E-state index in [1.807, 2.05) is 13.8 Å². The Morgan fingerprint density at radius 3 is 2.67 bits per heavy atom. The van der Waals surface area contributed by atoms with Gasteiger partial charge in [0.1, 0.15) is 17.7 Å². The first-order valence-corrected chi connectivity index (χ1v) is 10.1. The zero-order valence-corrected chi connectivity index (χ0v) is 17.9. The van der Waals surface area contributed by atoms with Crippen LogP contribution in [0, 0.1) is 22.6 Å². The van der Waals surface area contributed by atoms with Crippen LogP contribution in [-0.4, -0.2) is 15.8 Å². The van der Waals surface area contributed by atoms with E-state index >= 15 is 0 Å². The minimum Gasteiger partial charge on any atom is -0.383 e. The molecule has 0 aliphatic rings. The number of nitrogens with two attached hydrogens (primary N) is 1. The summed E-state index contributed by atoms with van der Waals surface area (Å²) < 4.78 is 15.8. The zero-order chi connectivity index (χ0) is 22.1. The Bertz CT molecular complexity index is 1250. The zero-order valence-electron chi connectivity index (χ0n) is 16.2. The molecule has 0 saturated carbocycles. The average molecular weight is 440 g/mol. The van der Waals surface area contributed by atoms with Crippen molar-refractivity contribution < 1.29 is 4.39 Å². The fourth-order valence-corrected chi connectivity index (χ4v) is 4.67. The standard InChI is InChI=1S/C21H18FN5OS2/c1-21(2,27-8-7-17(25)26-20(27)28)30-16-6-5-14(11-24)19(29)18(16)12-3-4-13(10-23)15(22)9-12/h3-9,11,24,29H,1-2H3,(H2,25,26,28). The molecular formula is C21H18FN5OS2. The maximum absolute atomic E-state index is 14.3. The summed E-state index contributed by atoms with van der Waals surface area (Å²) in [5.41, 5.74) is 6.73. The van der Waals surface area contributed by atoms with Crippen molar-refractivity contribution in [3.05, 3.63) is 70.0 Å². The Kier molecular flexibility index (Phi) is 6.01. The Morgan fingerprint density at radius 1 is 1.33 bits per heavy atom. The maximum Gasteiger partial charge on any atom is 0.350 e. The number of nitriles is 1. The van der Waals surface area contributed by atoms with Gasteiger partial charge in [-0.15, -0.1) is 12.6 Å². The number of anilines is 1. The van der Waals surface area contributed by atoms with Crippen molar-refractivity contribution in [2.75, 3.05) is 5.73 Å². The van der Waals surface area contributed by atoms with Crippen LogP contribution in [0.2, 0.25) is 0 Å². The molecular weight excluding hydrogens is 421 g/mol. The van der Waals surface area contributed by atoms with Gasteiger partial charge in [0.05, 0.1) is 10.4 Å². The van der Waals surface area contributed by atoms with E-state index in [1.54, 1.807) is 36.5 Å². The molecule has 0 aliphatic heterocycles. The quantitative estimate of drug-likeness (QED) is 0.312. The Labute approximate surface area is 182 Å². The van der Waals surface area contributed by atoms with Gasteiger partial charge in [0.15, 0.2) is 0 Å². The lowest BCUT2D eigenvalue weighted by molar-refractivity contribution is 0.507. The molecule has 3 rings (SSSR count). The number of thiol groups is 1. The second kappa shape index (κ2) is 8.34. The molecule has 0 unspecified atom stereocenters. The van der Waals surface area contributed by atoms with Crippen molar-refractivity contribution in [1.82, 2.24) is 9.55 Å². The van der Waals surface area contributed by atoms with Gasteiger partial charge in [-0.2, -0.15) is 10.2 Å². The van der Waals surface area contributed by atoms with Crippen LogP contribution < -0.4 is 11.4 Å². The van der Waals surface area contributed by atoms with Crippen LogP contribution in [0.15, 0.2) is 57.2 Å². The molecule has 152 valence electrons. The van der Waals surface area contributed by atoms with Crippen LogP contribution >= 0.6 is 24.4 Å². The third-order valence-electron chi connectivity index (χ3n) is 4.47. The van der Waals surface area contributed by atoms with E-state index in [2.05, 4.69) is 17.6 Å². The van der Waals surface area contributed by atoms with Crippen molar-refractivity contribution in [1.29, 1.82) is 10.7 Å². The van der Waals surface area contributed by atoms with Crippen LogP contribution in [0.5, 0.6) is 0 Å². The number of benzene rings is 2. The predicted molar refractivity (Wildman–Crippen MR) is 120 cm³/mol. The third kappa shape index (κ3) is 4.10. The first-order chi connectivity index (χ1) is 14.2. The predicted octanol–water partition coefficient (Wildman–Crippen LogP) is 4.27. The number of thioether (sulfide) groups is 1. The van der Waals surface area contributed by atoms with E-state index in [9.17, 15) is 9.18 Å². The SMILES string of the molecule is CC(C)(Sc1ccc(C=N)c(S)c1-c1ccc(C#N)c(F)c1)n1ccc(N)nc1=O. The van der Waals surface area contributed by atoms with Crippen molar-refractivity contribution in [3.8, 4) is 17.2 Å². The van der Waals surface area contributed by atoms with Gasteiger partial charge < -0.3 is 11.1 Å². The molecule has 3 N–H and O–H groups in total. The molecule has 0 radical (unpaired) electrons. The van der Waals surface area contributed by atoms with Gasteiger partial charge in [0.2, 0.25) is 0 Å². The molecule has 9 heteroatoms. The summed E-state index contributed by atoms with van der Waals surface area (Å²) in [6.07, 6.45) is 2.74. The monoisotopic (exact) mass is 439 g/mol. The van der Waals surface area contributed by atoms with Gasteiger partial charge >= 0.3 is 5.69 Å². The number of hydrogen-bond acceptors (Lipinski definition) is 7. The lowest BCUT2D eigenvalue weighted by atomic mass is 10.0. The van der Waals surface area contributed by atoms with E-state index in [4.69, 9.17) is 16.4 Å². The number of nitrogen functional groups attached to an aromatic ring is 1. The highest BCUT2D eigenvalue weighted by Crippen LogP contribution is 2.44. The van der Waals surface area contributed by atoms with Crippen molar-refractivity contribution in [3.63, 3.8) is 0 Å². The van der Waals surface area contributed by atoms with Gasteiger partial charge in [-0.3, -0.25) is 4.57 Å². The van der Waals surface area contributed by atoms with E-state index in [1.165, 1.54) is 34.7 Å². The third-order valence-corrected chi connectivity index (χ3v) is 6.21. The largest absolute Gasteiger partial charge is 0.383 e. The summed E-state index contributed by atoms with van der Waals surface area (Å²) in [5.74, 6) is -0.504. The highest BCUT2D eigenvalue weighted by Gasteiger charge is 2.26. The van der Waals surface area contributed by atoms with Gasteiger partial charge in [-0.25, -0.2) is 9.18 Å². The van der Waals surface area contributed by atoms with E-state index in [-0.39, 0.29) is 11.4 Å². The Balaban J connectivity index is 2.17. The lowest BCUT2D eigenvalue weighted by Crippen LogP contribution is -2.35. The fourth-order valence-electron chi connectivity index (χ4n) is 2.97. The first kappa shape index (κ1) is 21.6. The number of halogens is 1. The highest BCUT2D eigenvalue weighted by molar-refractivity contribution is 8.00. The number of aromatic nitrogens is 2. The summed E-state index contributed by atoms with van der Waals surface area (Å²) >= 11 is 5.94. The molecule has 2 aromatic carbocycles. The fraction of sp³-hybridized carbons (Fsp3) is 0.143. The number of nitrogens with zero attached hydrogens (tertiary/aromatic N) is 3. The molecule has 0 spiro atoms. The second-order valence-corrected chi connectivity index (χ2v) is 8.97. The van der Waals surface area contributed by atoms with Crippen LogP contribution in [0.25, 0.3) is 11.1 Å². The van der Waals surface area contributed by atoms with Gasteiger partial charge in [-0.1, -0.05) is 23.9 Å². The highest BCUT2D eigenvalue weighted by atomic mass is 32.2. The van der Waals surface area contributed by atoms with Crippen LogP contribution in [0.1, 0.15) is 25.0 Å².